The number of hydrogen-bond acceptors (Lipinski definition) is 1. The van der Waals surface area contributed by atoms with Crippen molar-refractivity contribution in [1.82, 2.24) is 5.32 Å². The van der Waals surface area contributed by atoms with E-state index in [4.69, 9.17) is 0 Å². The first-order chi connectivity index (χ1) is 5.31. The maximum atomic E-state index is 11.2. The summed E-state index contributed by atoms with van der Waals surface area (Å²) in [6, 6.07) is 0. The zero-order valence-electron chi connectivity index (χ0n) is 8.82. The Kier molecular flexibility index (Phi) is 4.29. The van der Waals surface area contributed by atoms with Crippen LogP contribution in [0.1, 0.15) is 47.5 Å². The molecule has 12 heavy (non-hydrogen) atoms. The van der Waals surface area contributed by atoms with Gasteiger partial charge in [0.15, 0.2) is 0 Å². The van der Waals surface area contributed by atoms with E-state index in [9.17, 15) is 4.79 Å². The average Bonchev–Trinajstić information content (AvgIpc) is 1.79. The third-order valence-corrected chi connectivity index (χ3v) is 1.37. The molecule has 1 amide bonds. The monoisotopic (exact) mass is 170 g/mol. The summed E-state index contributed by atoms with van der Waals surface area (Å²) in [6.07, 6.45) is 1.50. The van der Waals surface area contributed by atoms with Crippen LogP contribution in [0.15, 0.2) is 0 Å². The van der Waals surface area contributed by atoms with E-state index in [-0.39, 0.29) is 11.4 Å². The Morgan fingerprint density at radius 3 is 2.00 bits per heavy atom. The van der Waals surface area contributed by atoms with Gasteiger partial charge >= 0.3 is 0 Å². The summed E-state index contributed by atoms with van der Waals surface area (Å²) in [5, 5.41) is 2.92. The first kappa shape index (κ1) is 11.5. The van der Waals surface area contributed by atoms with Gasteiger partial charge in [0.2, 0.25) is 5.91 Å². The number of carbonyl (C=O) groups is 1. The van der Waals surface area contributed by atoms with E-state index in [0.29, 0.717) is 6.42 Å². The molecule has 0 saturated carbocycles. The highest BCUT2D eigenvalue weighted by Crippen LogP contribution is 2.07. The van der Waals surface area contributed by atoms with Gasteiger partial charge in [0.05, 0.1) is 0 Å². The molecule has 0 aliphatic rings. The molecule has 0 unspecified atom stereocenters. The molecule has 0 aliphatic heterocycles. The summed E-state index contributed by atoms with van der Waals surface area (Å²) in [5.41, 5.74) is -0.0985. The van der Waals surface area contributed by atoms with Crippen molar-refractivity contribution in [3.05, 3.63) is 5.92 Å². The second-order valence-corrected chi connectivity index (χ2v) is 4.51. The minimum atomic E-state index is -0.0985. The lowest BCUT2D eigenvalue weighted by atomic mass is 10.1. The summed E-state index contributed by atoms with van der Waals surface area (Å²) < 4.78 is 0. The Morgan fingerprint density at radius 2 is 1.67 bits per heavy atom. The van der Waals surface area contributed by atoms with Crippen LogP contribution >= 0.6 is 0 Å². The number of carbonyl (C=O) groups excluding carboxylic acids is 1. The van der Waals surface area contributed by atoms with Crippen molar-refractivity contribution in [2.75, 3.05) is 0 Å². The fraction of sp³-hybridized carbons (Fsp3) is 0.800. The molecule has 0 aromatic rings. The lowest BCUT2D eigenvalue weighted by Crippen LogP contribution is -2.40. The van der Waals surface area contributed by atoms with Crippen LogP contribution in [0.4, 0.5) is 0 Å². The normalized spacial score (nSPS) is 11.8. The number of hydrogen-bond donors (Lipinski definition) is 1. The summed E-state index contributed by atoms with van der Waals surface area (Å²) in [7, 11) is 0. The van der Waals surface area contributed by atoms with Gasteiger partial charge in [-0.25, -0.2) is 0 Å². The van der Waals surface area contributed by atoms with Crippen LogP contribution < -0.4 is 5.32 Å². The van der Waals surface area contributed by atoms with Crippen molar-refractivity contribution in [2.45, 2.75) is 53.0 Å². The van der Waals surface area contributed by atoms with E-state index in [1.807, 2.05) is 34.6 Å². The van der Waals surface area contributed by atoms with Crippen molar-refractivity contribution in [3.63, 3.8) is 0 Å². The van der Waals surface area contributed by atoms with Gasteiger partial charge in [0, 0.05) is 12.0 Å². The lowest BCUT2D eigenvalue weighted by Gasteiger charge is -2.20. The van der Waals surface area contributed by atoms with Gasteiger partial charge in [0.25, 0.3) is 0 Å². The molecule has 0 spiro atoms. The summed E-state index contributed by atoms with van der Waals surface area (Å²) >= 11 is 0. The highest BCUT2D eigenvalue weighted by Gasteiger charge is 2.13. The molecule has 0 aromatic carbocycles. The molecule has 0 rings (SSSR count). The molecule has 1 N–H and O–H groups in total. The van der Waals surface area contributed by atoms with Crippen molar-refractivity contribution >= 4 is 5.91 Å². The minimum Gasteiger partial charge on any atom is -0.352 e. The van der Waals surface area contributed by atoms with Gasteiger partial charge in [-0.15, -0.1) is 0 Å². The summed E-state index contributed by atoms with van der Waals surface area (Å²) in [5.74, 6) is 1.45. The second kappa shape index (κ2) is 4.48. The Hall–Kier alpha value is -0.530. The van der Waals surface area contributed by atoms with Crippen molar-refractivity contribution in [1.29, 1.82) is 0 Å². The van der Waals surface area contributed by atoms with Crippen LogP contribution in [0.5, 0.6) is 0 Å². The number of nitrogens with one attached hydrogen (secondary N) is 1. The third-order valence-electron chi connectivity index (χ3n) is 1.37. The second-order valence-electron chi connectivity index (χ2n) is 4.51. The van der Waals surface area contributed by atoms with E-state index >= 15 is 0 Å². The van der Waals surface area contributed by atoms with E-state index in [2.05, 4.69) is 5.32 Å². The van der Waals surface area contributed by atoms with Crippen molar-refractivity contribution in [2.24, 2.45) is 0 Å². The van der Waals surface area contributed by atoms with E-state index in [0.717, 1.165) is 6.42 Å². The van der Waals surface area contributed by atoms with Gasteiger partial charge in [-0.05, 0) is 33.1 Å². The highest BCUT2D eigenvalue weighted by molar-refractivity contribution is 5.76. The number of amides is 1. The van der Waals surface area contributed by atoms with Gasteiger partial charge in [-0.1, -0.05) is 13.8 Å². The van der Waals surface area contributed by atoms with E-state index in [1.165, 1.54) is 5.92 Å². The fourth-order valence-electron chi connectivity index (χ4n) is 0.844. The van der Waals surface area contributed by atoms with Crippen LogP contribution in [-0.4, -0.2) is 11.4 Å². The highest BCUT2D eigenvalue weighted by atomic mass is 16.1. The predicted molar refractivity (Wildman–Crippen MR) is 51.7 cm³/mol. The molecule has 2 heteroatoms. The molecular weight excluding hydrogens is 150 g/mol. The molecule has 0 bridgehead atoms. The van der Waals surface area contributed by atoms with Gasteiger partial charge in [-0.2, -0.15) is 0 Å². The van der Waals surface area contributed by atoms with E-state index < -0.39 is 0 Å². The summed E-state index contributed by atoms with van der Waals surface area (Å²) in [6.45, 7) is 10.1. The molecule has 2 nitrogen and oxygen atoms in total. The SMILES string of the molecule is C[C](C)CCC(=O)NC(C)(C)C. The van der Waals surface area contributed by atoms with E-state index in [1.54, 1.807) is 0 Å². The molecule has 1 radical (unpaired) electrons. The van der Waals surface area contributed by atoms with Crippen LogP contribution in [0.3, 0.4) is 0 Å². The largest absolute Gasteiger partial charge is 0.352 e. The van der Waals surface area contributed by atoms with Crippen LogP contribution in [-0.2, 0) is 4.79 Å². The first-order valence-corrected chi connectivity index (χ1v) is 4.41. The quantitative estimate of drug-likeness (QED) is 0.691. The zero-order valence-corrected chi connectivity index (χ0v) is 8.82. The van der Waals surface area contributed by atoms with Crippen LogP contribution in [0, 0.1) is 5.92 Å². The molecule has 71 valence electrons. The minimum absolute atomic E-state index is 0.0985. The summed E-state index contributed by atoms with van der Waals surface area (Å²) in [4.78, 5) is 11.2. The Labute approximate surface area is 75.7 Å². The third kappa shape index (κ3) is 7.58. The Bertz CT molecular complexity index is 144. The average molecular weight is 170 g/mol. The molecule has 0 fully saturated rings. The van der Waals surface area contributed by atoms with Gasteiger partial charge in [0.1, 0.15) is 0 Å². The van der Waals surface area contributed by atoms with Gasteiger partial charge in [-0.3, -0.25) is 4.79 Å². The maximum Gasteiger partial charge on any atom is 0.220 e. The van der Waals surface area contributed by atoms with Crippen LogP contribution in [0.2, 0.25) is 0 Å². The molecule has 0 atom stereocenters. The molecule has 0 aliphatic carbocycles. The van der Waals surface area contributed by atoms with Crippen molar-refractivity contribution in [3.8, 4) is 0 Å². The van der Waals surface area contributed by atoms with Crippen molar-refractivity contribution < 1.29 is 4.79 Å². The predicted octanol–water partition coefficient (Wildman–Crippen LogP) is 2.30. The maximum absolute atomic E-state index is 11.2. The Balaban J connectivity index is 3.61. The smallest absolute Gasteiger partial charge is 0.220 e. The van der Waals surface area contributed by atoms with Crippen LogP contribution in [0.25, 0.3) is 0 Å². The fourth-order valence-corrected chi connectivity index (χ4v) is 0.844. The number of rotatable bonds is 3. The zero-order chi connectivity index (χ0) is 9.78. The standard InChI is InChI=1S/C10H20NO/c1-8(2)6-7-9(12)11-10(3,4)5/h6-7H2,1-5H3,(H,11,12). The topological polar surface area (TPSA) is 29.1 Å². The molecular formula is C10H20NO. The Morgan fingerprint density at radius 1 is 1.17 bits per heavy atom. The van der Waals surface area contributed by atoms with Gasteiger partial charge < -0.3 is 5.32 Å². The molecule has 0 saturated heterocycles. The molecule has 0 heterocycles. The first-order valence-electron chi connectivity index (χ1n) is 4.41. The molecule has 0 aromatic heterocycles. The lowest BCUT2D eigenvalue weighted by molar-refractivity contribution is -0.122.